The van der Waals surface area contributed by atoms with Crippen LogP contribution in [0, 0.1) is 0 Å². The molecule has 0 saturated heterocycles. The third-order valence-corrected chi connectivity index (χ3v) is 4.48. The number of benzene rings is 2. The molecule has 0 bridgehead atoms. The number of hydrogen-bond acceptors (Lipinski definition) is 6. The molecule has 0 unspecified atom stereocenters. The minimum atomic E-state index is -0.472. The maximum atomic E-state index is 12.2. The van der Waals surface area contributed by atoms with Gasteiger partial charge in [-0.25, -0.2) is 0 Å². The van der Waals surface area contributed by atoms with Gasteiger partial charge in [0.1, 0.15) is 11.5 Å². The zero-order chi connectivity index (χ0) is 18.2. The summed E-state index contributed by atoms with van der Waals surface area (Å²) in [7, 11) is 2.98. The van der Waals surface area contributed by atoms with E-state index in [1.54, 1.807) is 30.3 Å². The summed E-state index contributed by atoms with van der Waals surface area (Å²) in [6.07, 6.45) is 0. The summed E-state index contributed by atoms with van der Waals surface area (Å²) < 4.78 is 15.3. The van der Waals surface area contributed by atoms with E-state index in [2.05, 4.69) is 0 Å². The van der Waals surface area contributed by atoms with Crippen molar-refractivity contribution in [2.24, 2.45) is 0 Å². The largest absolute Gasteiger partial charge is 0.497 e. The number of ether oxygens (including phenoxy) is 3. The van der Waals surface area contributed by atoms with Crippen LogP contribution in [0.2, 0.25) is 5.02 Å². The zero-order valence-electron chi connectivity index (χ0n) is 13.8. The number of Topliss-reactive ketones (excluding diaryl/α,β-unsaturated/α-hetero) is 1. The van der Waals surface area contributed by atoms with Gasteiger partial charge in [0.25, 0.3) is 0 Å². The summed E-state index contributed by atoms with van der Waals surface area (Å²) >= 11 is 7.12. The first-order valence-corrected chi connectivity index (χ1v) is 8.69. The molecule has 0 aromatic heterocycles. The highest BCUT2D eigenvalue weighted by Gasteiger charge is 2.15. The van der Waals surface area contributed by atoms with Crippen LogP contribution in [-0.2, 0) is 9.53 Å². The molecule has 0 fully saturated rings. The van der Waals surface area contributed by atoms with Gasteiger partial charge in [-0.05, 0) is 36.4 Å². The first-order valence-electron chi connectivity index (χ1n) is 7.32. The maximum Gasteiger partial charge on any atom is 0.316 e. The Bertz CT molecular complexity index is 746. The number of carbonyl (C=O) groups excluding carboxylic acids is 2. The van der Waals surface area contributed by atoms with Gasteiger partial charge in [0.05, 0.1) is 25.5 Å². The van der Waals surface area contributed by atoms with E-state index < -0.39 is 5.97 Å². The van der Waals surface area contributed by atoms with Crippen LogP contribution < -0.4 is 9.47 Å². The third-order valence-electron chi connectivity index (χ3n) is 3.24. The molecule has 2 aromatic rings. The van der Waals surface area contributed by atoms with Gasteiger partial charge in [0, 0.05) is 16.0 Å². The Kier molecular flexibility index (Phi) is 7.16. The minimum absolute atomic E-state index is 0.106. The van der Waals surface area contributed by atoms with Gasteiger partial charge in [0.15, 0.2) is 6.61 Å². The number of carbonyl (C=O) groups is 2. The van der Waals surface area contributed by atoms with Crippen molar-refractivity contribution >= 4 is 35.1 Å². The highest BCUT2D eigenvalue weighted by atomic mass is 35.5. The Labute approximate surface area is 155 Å². The van der Waals surface area contributed by atoms with E-state index in [0.717, 1.165) is 4.90 Å². The first kappa shape index (κ1) is 19.1. The number of thioether (sulfide) groups is 1. The number of methoxy groups -OCH3 is 2. The fourth-order valence-electron chi connectivity index (χ4n) is 1.97. The van der Waals surface area contributed by atoms with Crippen LogP contribution in [-0.4, -0.2) is 38.3 Å². The van der Waals surface area contributed by atoms with Crippen LogP contribution in [0.5, 0.6) is 11.5 Å². The lowest BCUT2D eigenvalue weighted by molar-refractivity contribution is -0.139. The molecule has 0 spiro atoms. The lowest BCUT2D eigenvalue weighted by atomic mass is 10.1. The summed E-state index contributed by atoms with van der Waals surface area (Å²) in [6.45, 7) is -0.345. The van der Waals surface area contributed by atoms with E-state index in [4.69, 9.17) is 25.8 Å². The van der Waals surface area contributed by atoms with Gasteiger partial charge in [-0.1, -0.05) is 11.6 Å². The first-order chi connectivity index (χ1) is 12.0. The molecule has 0 saturated carbocycles. The molecule has 5 nitrogen and oxygen atoms in total. The van der Waals surface area contributed by atoms with Crippen molar-refractivity contribution in [2.45, 2.75) is 4.90 Å². The zero-order valence-corrected chi connectivity index (χ0v) is 15.4. The number of rotatable bonds is 8. The van der Waals surface area contributed by atoms with Crippen molar-refractivity contribution < 1.29 is 23.8 Å². The van der Waals surface area contributed by atoms with Crippen LogP contribution >= 0.6 is 23.4 Å². The van der Waals surface area contributed by atoms with Gasteiger partial charge in [0.2, 0.25) is 5.78 Å². The van der Waals surface area contributed by atoms with Crippen molar-refractivity contribution in [1.82, 2.24) is 0 Å². The van der Waals surface area contributed by atoms with Gasteiger partial charge >= 0.3 is 5.97 Å². The summed E-state index contributed by atoms with van der Waals surface area (Å²) in [4.78, 5) is 24.9. The highest BCUT2D eigenvalue weighted by molar-refractivity contribution is 8.00. The maximum absolute atomic E-state index is 12.2. The van der Waals surface area contributed by atoms with E-state index in [1.165, 1.54) is 26.0 Å². The molecule has 132 valence electrons. The number of ketones is 1. The molecule has 0 aliphatic heterocycles. The molecule has 0 atom stereocenters. The smallest absolute Gasteiger partial charge is 0.316 e. The summed E-state index contributed by atoms with van der Waals surface area (Å²) in [6, 6.07) is 11.9. The Morgan fingerprint density at radius 1 is 1.04 bits per heavy atom. The lowest BCUT2D eigenvalue weighted by Crippen LogP contribution is -2.16. The molecule has 25 heavy (non-hydrogen) atoms. The van der Waals surface area contributed by atoms with Gasteiger partial charge in [-0.15, -0.1) is 11.8 Å². The fraction of sp³-hybridized carbons (Fsp3) is 0.222. The Morgan fingerprint density at radius 2 is 1.76 bits per heavy atom. The molecular formula is C18H17ClO5S. The summed E-state index contributed by atoms with van der Waals surface area (Å²) in [5.41, 5.74) is 0.335. The second-order valence-electron chi connectivity index (χ2n) is 4.89. The quantitative estimate of drug-likeness (QED) is 0.393. The van der Waals surface area contributed by atoms with E-state index in [1.807, 2.05) is 12.1 Å². The van der Waals surface area contributed by atoms with Crippen molar-refractivity contribution in [1.29, 1.82) is 0 Å². The van der Waals surface area contributed by atoms with Crippen molar-refractivity contribution in [2.75, 3.05) is 26.6 Å². The Morgan fingerprint density at radius 3 is 2.40 bits per heavy atom. The van der Waals surface area contributed by atoms with Crippen LogP contribution in [0.1, 0.15) is 10.4 Å². The van der Waals surface area contributed by atoms with Crippen molar-refractivity contribution in [3.05, 3.63) is 53.1 Å². The van der Waals surface area contributed by atoms with Crippen LogP contribution in [0.4, 0.5) is 0 Å². The monoisotopic (exact) mass is 380 g/mol. The van der Waals surface area contributed by atoms with Crippen molar-refractivity contribution in [3.8, 4) is 11.5 Å². The predicted molar refractivity (Wildman–Crippen MR) is 97.0 cm³/mol. The van der Waals surface area contributed by atoms with Crippen molar-refractivity contribution in [3.63, 3.8) is 0 Å². The molecule has 0 N–H and O–H groups in total. The number of hydrogen-bond donors (Lipinski definition) is 0. The van der Waals surface area contributed by atoms with E-state index in [9.17, 15) is 9.59 Å². The third kappa shape index (κ3) is 5.69. The fourth-order valence-corrected chi connectivity index (χ4v) is 2.79. The van der Waals surface area contributed by atoms with Gasteiger partial charge in [-0.2, -0.15) is 0 Å². The lowest BCUT2D eigenvalue weighted by Gasteiger charge is -2.10. The minimum Gasteiger partial charge on any atom is -0.497 e. The highest BCUT2D eigenvalue weighted by Crippen LogP contribution is 2.25. The molecule has 7 heteroatoms. The standard InChI is InChI=1S/C18H17ClO5S/c1-22-13-5-8-15(17(9-13)23-2)16(20)10-24-18(21)11-25-14-6-3-12(19)4-7-14/h3-9H,10-11H2,1-2H3. The normalized spacial score (nSPS) is 10.2. The van der Waals surface area contributed by atoms with Crippen LogP contribution in [0.25, 0.3) is 0 Å². The van der Waals surface area contributed by atoms with Gasteiger partial charge < -0.3 is 14.2 Å². The summed E-state index contributed by atoms with van der Waals surface area (Å²) in [5.74, 6) is 0.236. The Balaban J connectivity index is 1.86. The number of esters is 1. The molecule has 0 aliphatic rings. The average Bonchev–Trinajstić information content (AvgIpc) is 2.65. The van der Waals surface area contributed by atoms with E-state index >= 15 is 0 Å². The molecule has 2 rings (SSSR count). The van der Waals surface area contributed by atoms with Crippen LogP contribution in [0.3, 0.4) is 0 Å². The van der Waals surface area contributed by atoms with E-state index in [-0.39, 0.29) is 18.1 Å². The predicted octanol–water partition coefficient (Wildman–Crippen LogP) is 3.88. The Hall–Kier alpha value is -2.18. The topological polar surface area (TPSA) is 61.8 Å². The summed E-state index contributed by atoms with van der Waals surface area (Å²) in [5, 5.41) is 0.631. The van der Waals surface area contributed by atoms with Gasteiger partial charge in [-0.3, -0.25) is 9.59 Å². The molecule has 0 heterocycles. The second-order valence-corrected chi connectivity index (χ2v) is 6.38. The average molecular weight is 381 g/mol. The molecule has 2 aromatic carbocycles. The second kappa shape index (κ2) is 9.34. The molecule has 0 aliphatic carbocycles. The van der Waals surface area contributed by atoms with E-state index in [0.29, 0.717) is 22.1 Å². The molecule has 0 radical (unpaired) electrons. The SMILES string of the molecule is COc1ccc(C(=O)COC(=O)CSc2ccc(Cl)cc2)c(OC)c1. The van der Waals surface area contributed by atoms with Crippen LogP contribution in [0.15, 0.2) is 47.4 Å². The molecular weight excluding hydrogens is 364 g/mol. The molecule has 0 amide bonds. The number of halogens is 1.